The van der Waals surface area contributed by atoms with Gasteiger partial charge in [0.25, 0.3) is 5.91 Å². The maximum absolute atomic E-state index is 13.3. The number of Topliss-reactive ketones (excluding diaryl/α,β-unsaturated/α-hetero) is 1. The van der Waals surface area contributed by atoms with Gasteiger partial charge in [-0.15, -0.1) is 0 Å². The largest absolute Gasteiger partial charge is 0.345 e. The predicted molar refractivity (Wildman–Crippen MR) is 147 cm³/mol. The lowest BCUT2D eigenvalue weighted by Crippen LogP contribution is -2.57. The second-order valence-electron chi connectivity index (χ2n) is 9.95. The summed E-state index contributed by atoms with van der Waals surface area (Å²) < 4.78 is 0. The maximum Gasteiger partial charge on any atom is 0.289 e. The molecule has 3 atom stereocenters. The van der Waals surface area contributed by atoms with Crippen molar-refractivity contribution in [3.05, 3.63) is 35.9 Å². The van der Waals surface area contributed by atoms with E-state index in [0.29, 0.717) is 18.6 Å². The first-order chi connectivity index (χ1) is 17.4. The summed E-state index contributed by atoms with van der Waals surface area (Å²) in [7, 11) is 0. The van der Waals surface area contributed by atoms with Crippen LogP contribution in [-0.4, -0.2) is 59.5 Å². The Kier molecular flexibility index (Phi) is 14.6. The summed E-state index contributed by atoms with van der Waals surface area (Å²) in [6, 6.07) is 6.49. The van der Waals surface area contributed by atoms with E-state index in [4.69, 9.17) is 0 Å². The van der Waals surface area contributed by atoms with Gasteiger partial charge in [-0.05, 0) is 48.7 Å². The van der Waals surface area contributed by atoms with Crippen molar-refractivity contribution in [2.45, 2.75) is 78.6 Å². The van der Waals surface area contributed by atoms with Gasteiger partial charge in [-0.25, -0.2) is 0 Å². The molecule has 0 saturated heterocycles. The van der Waals surface area contributed by atoms with Gasteiger partial charge in [-0.1, -0.05) is 58.0 Å². The molecular weight excluding hydrogens is 492 g/mol. The van der Waals surface area contributed by atoms with E-state index in [1.165, 1.54) is 18.7 Å². The minimum atomic E-state index is -1.02. The Morgan fingerprint density at radius 2 is 1.30 bits per heavy atom. The molecule has 1 rings (SSSR count). The monoisotopic (exact) mass is 534 g/mol. The zero-order chi connectivity index (χ0) is 28.0. The standard InChI is InChI=1S/C27H42N4O5S/c1-17(2)14-22(29-19(5)32)25(34)31-23(15-18(3)4)26(35)30-21(12-13-37-6)24(33)27(36)28-16-20-10-8-7-9-11-20/h7-11,17-18,21-23H,12-16H2,1-6H3,(H,28,36)(H,29,32)(H,30,35)(H,31,34)/t21-,22-,23-/m0/s1. The van der Waals surface area contributed by atoms with Crippen LogP contribution in [0.15, 0.2) is 30.3 Å². The molecule has 206 valence electrons. The van der Waals surface area contributed by atoms with Gasteiger partial charge in [-0.2, -0.15) is 11.8 Å². The Hall–Kier alpha value is -2.88. The molecular formula is C27H42N4O5S. The molecule has 4 amide bonds. The highest BCUT2D eigenvalue weighted by Gasteiger charge is 2.32. The summed E-state index contributed by atoms with van der Waals surface area (Å²) in [4.78, 5) is 63.4. The first kappa shape index (κ1) is 32.1. The minimum absolute atomic E-state index is 0.0647. The molecule has 1 aromatic rings. The van der Waals surface area contributed by atoms with Crippen LogP contribution < -0.4 is 21.3 Å². The molecule has 10 heteroatoms. The van der Waals surface area contributed by atoms with E-state index in [1.54, 1.807) is 0 Å². The van der Waals surface area contributed by atoms with Crippen LogP contribution in [0.1, 0.15) is 59.4 Å². The topological polar surface area (TPSA) is 133 Å². The Balaban J connectivity index is 2.97. The van der Waals surface area contributed by atoms with Crippen molar-refractivity contribution in [2.75, 3.05) is 12.0 Å². The molecule has 0 bridgehead atoms. The number of rotatable bonds is 16. The average Bonchev–Trinajstić information content (AvgIpc) is 2.83. The van der Waals surface area contributed by atoms with E-state index in [-0.39, 0.29) is 30.7 Å². The van der Waals surface area contributed by atoms with Gasteiger partial charge >= 0.3 is 0 Å². The van der Waals surface area contributed by atoms with E-state index >= 15 is 0 Å². The van der Waals surface area contributed by atoms with Crippen LogP contribution in [0.25, 0.3) is 0 Å². The Labute approximate surface area is 224 Å². The van der Waals surface area contributed by atoms with Crippen LogP contribution in [0.2, 0.25) is 0 Å². The third kappa shape index (κ3) is 12.8. The quantitative estimate of drug-likeness (QED) is 0.240. The normalized spacial score (nSPS) is 13.4. The van der Waals surface area contributed by atoms with Crippen molar-refractivity contribution in [3.63, 3.8) is 0 Å². The van der Waals surface area contributed by atoms with Gasteiger partial charge < -0.3 is 21.3 Å². The molecule has 37 heavy (non-hydrogen) atoms. The van der Waals surface area contributed by atoms with Crippen LogP contribution in [0.4, 0.5) is 0 Å². The number of carbonyl (C=O) groups is 5. The number of amides is 4. The third-order valence-corrected chi connectivity index (χ3v) is 6.15. The molecule has 0 saturated carbocycles. The number of carbonyl (C=O) groups excluding carboxylic acids is 5. The molecule has 0 fully saturated rings. The number of thioether (sulfide) groups is 1. The lowest BCUT2D eigenvalue weighted by molar-refractivity contribution is -0.140. The van der Waals surface area contributed by atoms with E-state index in [1.807, 2.05) is 64.3 Å². The van der Waals surface area contributed by atoms with Crippen molar-refractivity contribution in [3.8, 4) is 0 Å². The Morgan fingerprint density at radius 3 is 1.78 bits per heavy atom. The first-order valence-electron chi connectivity index (χ1n) is 12.7. The summed E-state index contributed by atoms with van der Waals surface area (Å²) in [5, 5.41) is 10.7. The van der Waals surface area contributed by atoms with Crippen molar-refractivity contribution in [1.82, 2.24) is 21.3 Å². The van der Waals surface area contributed by atoms with Crippen LogP contribution in [-0.2, 0) is 30.5 Å². The zero-order valence-electron chi connectivity index (χ0n) is 22.8. The molecule has 0 spiro atoms. The van der Waals surface area contributed by atoms with E-state index in [2.05, 4.69) is 21.3 Å². The van der Waals surface area contributed by atoms with Gasteiger partial charge in [0.2, 0.25) is 23.5 Å². The fourth-order valence-corrected chi connectivity index (χ4v) is 4.20. The van der Waals surface area contributed by atoms with Crippen LogP contribution >= 0.6 is 11.8 Å². The Bertz CT molecular complexity index is 907. The molecule has 0 unspecified atom stereocenters. The van der Waals surface area contributed by atoms with Crippen molar-refractivity contribution < 1.29 is 24.0 Å². The Morgan fingerprint density at radius 1 is 0.784 bits per heavy atom. The van der Waals surface area contributed by atoms with Crippen molar-refractivity contribution in [1.29, 1.82) is 0 Å². The van der Waals surface area contributed by atoms with Crippen molar-refractivity contribution >= 4 is 41.2 Å². The number of benzene rings is 1. The van der Waals surface area contributed by atoms with Gasteiger partial charge in [0.1, 0.15) is 12.1 Å². The van der Waals surface area contributed by atoms with Crippen LogP contribution in [0, 0.1) is 11.8 Å². The van der Waals surface area contributed by atoms with Gasteiger partial charge in [0, 0.05) is 13.5 Å². The van der Waals surface area contributed by atoms with Crippen LogP contribution in [0.5, 0.6) is 0 Å². The molecule has 0 aliphatic carbocycles. The van der Waals surface area contributed by atoms with Gasteiger partial charge in [0.05, 0.1) is 6.04 Å². The molecule has 0 radical (unpaired) electrons. The number of hydrogen-bond acceptors (Lipinski definition) is 6. The summed E-state index contributed by atoms with van der Waals surface area (Å²) in [5.41, 5.74) is 0.850. The molecule has 0 aliphatic rings. The highest BCUT2D eigenvalue weighted by atomic mass is 32.2. The molecule has 0 aliphatic heterocycles. The second kappa shape index (κ2) is 16.8. The highest BCUT2D eigenvalue weighted by molar-refractivity contribution is 7.98. The predicted octanol–water partition coefficient (Wildman–Crippen LogP) is 2.19. The van der Waals surface area contributed by atoms with Crippen LogP contribution in [0.3, 0.4) is 0 Å². The lowest BCUT2D eigenvalue weighted by Gasteiger charge is -2.26. The third-order valence-electron chi connectivity index (χ3n) is 5.50. The molecule has 4 N–H and O–H groups in total. The number of hydrogen-bond donors (Lipinski definition) is 4. The minimum Gasteiger partial charge on any atom is -0.345 e. The smallest absolute Gasteiger partial charge is 0.289 e. The van der Waals surface area contributed by atoms with Gasteiger partial charge in [0.15, 0.2) is 0 Å². The molecule has 9 nitrogen and oxygen atoms in total. The molecule has 1 aromatic carbocycles. The summed E-state index contributed by atoms with van der Waals surface area (Å²) in [5.74, 6) is -2.08. The average molecular weight is 535 g/mol. The second-order valence-corrected chi connectivity index (χ2v) is 10.9. The van der Waals surface area contributed by atoms with E-state index < -0.39 is 41.6 Å². The number of nitrogens with one attached hydrogen (secondary N) is 4. The SMILES string of the molecule is CSCC[C@H](NC(=O)[C@H](CC(C)C)NC(=O)[C@H](CC(C)C)NC(C)=O)C(=O)C(=O)NCc1ccccc1. The van der Waals surface area contributed by atoms with E-state index in [9.17, 15) is 24.0 Å². The summed E-state index contributed by atoms with van der Waals surface area (Å²) in [6.45, 7) is 9.24. The maximum atomic E-state index is 13.3. The highest BCUT2D eigenvalue weighted by Crippen LogP contribution is 2.10. The summed E-state index contributed by atoms with van der Waals surface area (Å²) >= 11 is 1.50. The molecule has 0 heterocycles. The van der Waals surface area contributed by atoms with Crippen molar-refractivity contribution in [2.24, 2.45) is 11.8 Å². The fraction of sp³-hybridized carbons (Fsp3) is 0.593. The first-order valence-corrected chi connectivity index (χ1v) is 14.1. The molecule has 0 aromatic heterocycles. The fourth-order valence-electron chi connectivity index (χ4n) is 3.72. The zero-order valence-corrected chi connectivity index (χ0v) is 23.6. The lowest BCUT2D eigenvalue weighted by atomic mass is 9.99. The van der Waals surface area contributed by atoms with Gasteiger partial charge in [-0.3, -0.25) is 24.0 Å². The number of ketones is 1. The summed E-state index contributed by atoms with van der Waals surface area (Å²) in [6.07, 6.45) is 2.89. The van der Waals surface area contributed by atoms with E-state index in [0.717, 1.165) is 5.56 Å².